The van der Waals surface area contributed by atoms with Crippen LogP contribution in [0, 0.1) is 5.41 Å². The Morgan fingerprint density at radius 2 is 1.37 bits per heavy atom. The summed E-state index contributed by atoms with van der Waals surface area (Å²) in [5.74, 6) is -0.531. The van der Waals surface area contributed by atoms with E-state index in [1.807, 2.05) is 35.9 Å². The molecule has 46 heavy (non-hydrogen) atoms. The number of hydrogen-bond acceptors (Lipinski definition) is 6. The first-order valence-electron chi connectivity index (χ1n) is 17.3. The van der Waals surface area contributed by atoms with Crippen molar-refractivity contribution in [2.24, 2.45) is 5.41 Å². The fourth-order valence-corrected chi connectivity index (χ4v) is 5.71. The van der Waals surface area contributed by atoms with Crippen LogP contribution in [0.15, 0.2) is 24.4 Å². The molecule has 1 aromatic heterocycles. The third-order valence-corrected chi connectivity index (χ3v) is 8.60. The molecule has 1 aliphatic rings. The van der Waals surface area contributed by atoms with Gasteiger partial charge in [0.05, 0.1) is 5.41 Å². The Bertz CT molecular complexity index is 1050. The number of alkyl carbamates (subject to hydrolysis) is 1. The largest absolute Gasteiger partial charge is 1.00 e. The number of halogens is 1. The average molecular weight is 759 g/mol. The number of carbonyl (C=O) groups excluding carboxylic acids is 4. The Hall–Kier alpha value is -2.44. The molecule has 0 bridgehead atoms. The van der Waals surface area contributed by atoms with Gasteiger partial charge in [-0.2, -0.15) is 0 Å². The topological polar surface area (TPSA) is 109 Å². The van der Waals surface area contributed by atoms with Crippen LogP contribution in [0.25, 0.3) is 0 Å². The van der Waals surface area contributed by atoms with Crippen LogP contribution in [0.2, 0.25) is 0 Å². The number of likely N-dealkylation sites (tertiary alicyclic amines) is 1. The van der Waals surface area contributed by atoms with Crippen molar-refractivity contribution in [2.45, 2.75) is 131 Å². The van der Waals surface area contributed by atoms with Crippen molar-refractivity contribution in [1.82, 2.24) is 15.1 Å². The molecule has 262 valence electrons. The number of nitrogens with one attached hydrogen (secondary N) is 1. The number of carbonyl (C=O) groups is 4. The van der Waals surface area contributed by atoms with E-state index in [-0.39, 0.29) is 49.6 Å². The molecule has 0 aromatic carbocycles. The average Bonchev–Trinajstić information content (AvgIpc) is 3.00. The Labute approximate surface area is 294 Å². The third kappa shape index (κ3) is 15.9. The Morgan fingerprint density at radius 3 is 1.89 bits per heavy atom. The Balaban J connectivity index is 0.0000106. The summed E-state index contributed by atoms with van der Waals surface area (Å²) in [4.78, 5) is 52.2. The van der Waals surface area contributed by atoms with Crippen molar-refractivity contribution in [1.29, 1.82) is 0 Å². The first kappa shape index (κ1) is 41.6. The van der Waals surface area contributed by atoms with Gasteiger partial charge in [0.1, 0.15) is 26.3 Å². The Kier molecular flexibility index (Phi) is 21.5. The number of amides is 4. The second-order valence-corrected chi connectivity index (χ2v) is 12.6. The third-order valence-electron chi connectivity index (χ3n) is 8.60. The highest BCUT2D eigenvalue weighted by molar-refractivity contribution is 5.90. The van der Waals surface area contributed by atoms with Crippen LogP contribution < -0.4 is 33.9 Å². The second kappa shape index (κ2) is 23.8. The van der Waals surface area contributed by atoms with Crippen LogP contribution in [0.4, 0.5) is 9.59 Å². The molecule has 1 saturated heterocycles. The summed E-state index contributed by atoms with van der Waals surface area (Å²) in [6.07, 6.45) is 18.5. The van der Waals surface area contributed by atoms with E-state index in [2.05, 4.69) is 12.2 Å². The van der Waals surface area contributed by atoms with Gasteiger partial charge in [0.15, 0.2) is 6.20 Å². The molecule has 0 saturated carbocycles. The van der Waals surface area contributed by atoms with Gasteiger partial charge in [-0.15, -0.1) is 0 Å². The van der Waals surface area contributed by atoms with E-state index >= 15 is 0 Å². The fourth-order valence-electron chi connectivity index (χ4n) is 5.71. The maximum absolute atomic E-state index is 13.0. The van der Waals surface area contributed by atoms with Crippen LogP contribution in [0.1, 0.15) is 123 Å². The molecule has 0 atom stereocenters. The molecular weight excluding hydrogens is 699 g/mol. The SMILES string of the molecule is CCCCCCCCCCCCCCCCNC(=O)OCC1(COC(=O)N(Cc2cccc[n+]2CC)C(C)=O)CN(C(C)=O)C1.[I-]. The molecule has 2 heterocycles. The Morgan fingerprint density at radius 1 is 0.826 bits per heavy atom. The van der Waals surface area contributed by atoms with Crippen LogP contribution in [-0.2, 0) is 32.2 Å². The standard InChI is InChI=1S/C35H58N4O6.HI/c1-5-7-8-9-10-11-12-13-14-15-16-17-18-20-23-36-33(42)44-28-35(26-38(27-35)30(3)40)29-45-34(43)39(31(4)41)25-32-22-19-21-24-37(32)6-2;/h19,21-22,24H,5-18,20,23,25-29H2,1-4H3;1H. The molecule has 1 aromatic rings. The summed E-state index contributed by atoms with van der Waals surface area (Å²) in [5, 5.41) is 2.81. The lowest BCUT2D eigenvalue weighted by molar-refractivity contribution is -0.701. The summed E-state index contributed by atoms with van der Waals surface area (Å²) in [6.45, 7) is 8.88. The van der Waals surface area contributed by atoms with Gasteiger partial charge < -0.3 is 43.7 Å². The zero-order chi connectivity index (χ0) is 32.9. The number of pyridine rings is 1. The highest BCUT2D eigenvalue weighted by Crippen LogP contribution is 2.32. The lowest BCUT2D eigenvalue weighted by Crippen LogP contribution is -3.00. The maximum Gasteiger partial charge on any atom is 0.417 e. The van der Waals surface area contributed by atoms with E-state index < -0.39 is 23.5 Å². The fraction of sp³-hybridized carbons (Fsp3) is 0.743. The summed E-state index contributed by atoms with van der Waals surface area (Å²) in [5.41, 5.74) is 0.0822. The van der Waals surface area contributed by atoms with E-state index in [9.17, 15) is 19.2 Å². The molecule has 1 aliphatic heterocycles. The number of imide groups is 1. The van der Waals surface area contributed by atoms with Gasteiger partial charge in [-0.25, -0.2) is 19.1 Å². The first-order chi connectivity index (χ1) is 21.7. The molecular formula is C35H59IN4O6. The number of aryl methyl sites for hydroxylation is 1. The summed E-state index contributed by atoms with van der Waals surface area (Å²) in [6, 6.07) is 5.60. The van der Waals surface area contributed by atoms with Crippen molar-refractivity contribution in [2.75, 3.05) is 32.8 Å². The highest BCUT2D eigenvalue weighted by Gasteiger charge is 2.47. The van der Waals surface area contributed by atoms with E-state index in [4.69, 9.17) is 9.47 Å². The minimum Gasteiger partial charge on any atom is -1.00 e. The lowest BCUT2D eigenvalue weighted by atomic mass is 9.81. The maximum atomic E-state index is 13.0. The summed E-state index contributed by atoms with van der Waals surface area (Å²) in [7, 11) is 0. The van der Waals surface area contributed by atoms with Crippen molar-refractivity contribution < 1.29 is 57.2 Å². The number of aromatic nitrogens is 1. The van der Waals surface area contributed by atoms with Crippen LogP contribution in [0.5, 0.6) is 0 Å². The molecule has 2 rings (SSSR count). The molecule has 0 unspecified atom stereocenters. The predicted molar refractivity (Wildman–Crippen MR) is 174 cm³/mol. The van der Waals surface area contributed by atoms with Crippen LogP contribution >= 0.6 is 0 Å². The second-order valence-electron chi connectivity index (χ2n) is 12.6. The van der Waals surface area contributed by atoms with Gasteiger partial charge in [0, 0.05) is 45.6 Å². The van der Waals surface area contributed by atoms with Gasteiger partial charge in [-0.3, -0.25) is 9.59 Å². The number of hydrogen-bond donors (Lipinski definition) is 1. The summed E-state index contributed by atoms with van der Waals surface area (Å²) >= 11 is 0. The number of nitrogens with zero attached hydrogens (tertiary/aromatic N) is 3. The van der Waals surface area contributed by atoms with E-state index in [0.717, 1.165) is 23.4 Å². The van der Waals surface area contributed by atoms with Gasteiger partial charge in [0.2, 0.25) is 17.5 Å². The van der Waals surface area contributed by atoms with Crippen LogP contribution in [0.3, 0.4) is 0 Å². The molecule has 0 spiro atoms. The van der Waals surface area contributed by atoms with E-state index in [1.54, 1.807) is 4.90 Å². The smallest absolute Gasteiger partial charge is 0.417 e. The first-order valence-corrected chi connectivity index (χ1v) is 17.3. The molecule has 11 heteroatoms. The minimum absolute atomic E-state index is 0. The number of ether oxygens (including phenoxy) is 2. The lowest BCUT2D eigenvalue weighted by Gasteiger charge is -2.48. The quantitative estimate of drug-likeness (QED) is 0.110. The molecule has 0 aliphatic carbocycles. The number of unbranched alkanes of at least 4 members (excludes halogenated alkanes) is 13. The zero-order valence-corrected chi connectivity index (χ0v) is 31.0. The van der Waals surface area contributed by atoms with Gasteiger partial charge >= 0.3 is 12.2 Å². The zero-order valence-electron chi connectivity index (χ0n) is 28.8. The monoisotopic (exact) mass is 758 g/mol. The van der Waals surface area contributed by atoms with Gasteiger partial charge in [-0.1, -0.05) is 96.5 Å². The van der Waals surface area contributed by atoms with Crippen molar-refractivity contribution >= 4 is 24.0 Å². The summed E-state index contributed by atoms with van der Waals surface area (Å²) < 4.78 is 13.0. The normalized spacial score (nSPS) is 13.3. The highest BCUT2D eigenvalue weighted by atomic mass is 127. The van der Waals surface area contributed by atoms with Crippen molar-refractivity contribution in [3.63, 3.8) is 0 Å². The molecule has 0 radical (unpaired) electrons. The van der Waals surface area contributed by atoms with Crippen molar-refractivity contribution in [3.05, 3.63) is 30.1 Å². The number of rotatable bonds is 22. The molecule has 10 nitrogen and oxygen atoms in total. The van der Waals surface area contributed by atoms with E-state index in [0.29, 0.717) is 26.2 Å². The molecule has 4 amide bonds. The van der Waals surface area contributed by atoms with E-state index in [1.165, 1.54) is 90.9 Å². The van der Waals surface area contributed by atoms with Crippen LogP contribution in [-0.4, -0.2) is 66.6 Å². The van der Waals surface area contributed by atoms with Gasteiger partial charge in [0.25, 0.3) is 0 Å². The minimum atomic E-state index is -0.767. The van der Waals surface area contributed by atoms with Crippen molar-refractivity contribution in [3.8, 4) is 0 Å². The van der Waals surface area contributed by atoms with Gasteiger partial charge in [-0.05, 0) is 13.3 Å². The molecule has 1 N–H and O–H groups in total. The molecule has 1 fully saturated rings. The predicted octanol–water partition coefficient (Wildman–Crippen LogP) is 3.54.